The number of ether oxygens (including phenoxy) is 1. The number of carboxylic acids is 1. The average molecular weight is 466 g/mol. The highest BCUT2D eigenvalue weighted by atomic mass is 32.2. The van der Waals surface area contributed by atoms with Crippen LogP contribution >= 0.6 is 0 Å². The minimum absolute atomic E-state index is 0.0497. The first-order valence-corrected chi connectivity index (χ1v) is 11.3. The summed E-state index contributed by atoms with van der Waals surface area (Å²) in [6.45, 7) is -0.336. The van der Waals surface area contributed by atoms with Gasteiger partial charge in [-0.25, -0.2) is 18.3 Å². The molecule has 0 aliphatic carbocycles. The van der Waals surface area contributed by atoms with Crippen molar-refractivity contribution in [1.29, 1.82) is 0 Å². The second kappa shape index (κ2) is 9.74. The molecule has 1 heterocycles. The Bertz CT molecular complexity index is 1070. The standard InChI is InChI=1S/C21H23FN2O7S/c22-17-5-1-15(2-6-17)16-3-7-18(8-4-16)32(29,30)24(12-9-19(25)26)21(20(27)23-28)10-13-31-14-11-21/h1-8,28H,9-14H2,(H,23,27)(H,25,26). The number of benzene rings is 2. The molecule has 1 saturated heterocycles. The molecule has 172 valence electrons. The Morgan fingerprint density at radius 2 is 1.56 bits per heavy atom. The highest BCUT2D eigenvalue weighted by Crippen LogP contribution is 2.34. The van der Waals surface area contributed by atoms with Crippen LogP contribution in [0.4, 0.5) is 4.39 Å². The summed E-state index contributed by atoms with van der Waals surface area (Å²) in [5, 5.41) is 18.4. The quantitative estimate of drug-likeness (QED) is 0.400. The van der Waals surface area contributed by atoms with Crippen molar-refractivity contribution < 1.29 is 37.4 Å². The number of hydrogen-bond donors (Lipinski definition) is 3. The van der Waals surface area contributed by atoms with Crippen molar-refractivity contribution in [3.8, 4) is 11.1 Å². The Hall–Kier alpha value is -2.86. The highest BCUT2D eigenvalue weighted by molar-refractivity contribution is 7.89. The average Bonchev–Trinajstić information content (AvgIpc) is 2.79. The summed E-state index contributed by atoms with van der Waals surface area (Å²) < 4.78 is 46.4. The first kappa shape index (κ1) is 23.8. The Labute approximate surface area is 184 Å². The third-order valence-electron chi connectivity index (χ3n) is 5.47. The lowest BCUT2D eigenvalue weighted by atomic mass is 9.89. The smallest absolute Gasteiger partial charge is 0.304 e. The van der Waals surface area contributed by atoms with Crippen molar-refractivity contribution in [2.45, 2.75) is 29.7 Å². The predicted octanol–water partition coefficient (Wildman–Crippen LogP) is 2.01. The molecule has 1 aliphatic heterocycles. The zero-order valence-corrected chi connectivity index (χ0v) is 17.8. The van der Waals surface area contributed by atoms with E-state index in [9.17, 15) is 27.6 Å². The van der Waals surface area contributed by atoms with Gasteiger partial charge in [-0.1, -0.05) is 24.3 Å². The largest absolute Gasteiger partial charge is 0.481 e. The van der Waals surface area contributed by atoms with Crippen molar-refractivity contribution in [2.24, 2.45) is 0 Å². The van der Waals surface area contributed by atoms with E-state index in [0.717, 1.165) is 4.31 Å². The second-order valence-electron chi connectivity index (χ2n) is 7.34. The minimum atomic E-state index is -4.33. The molecule has 0 radical (unpaired) electrons. The Morgan fingerprint density at radius 1 is 1.03 bits per heavy atom. The molecule has 3 rings (SSSR count). The maximum atomic E-state index is 13.5. The summed E-state index contributed by atoms with van der Waals surface area (Å²) in [6.07, 6.45) is -0.633. The number of halogens is 1. The van der Waals surface area contributed by atoms with Crippen LogP contribution in [0.1, 0.15) is 19.3 Å². The number of aliphatic carboxylic acids is 1. The van der Waals surface area contributed by atoms with Crippen LogP contribution in [0, 0.1) is 5.82 Å². The van der Waals surface area contributed by atoms with Crippen LogP contribution in [0.25, 0.3) is 11.1 Å². The van der Waals surface area contributed by atoms with Gasteiger partial charge in [0.2, 0.25) is 10.0 Å². The number of carbonyl (C=O) groups is 2. The molecule has 0 saturated carbocycles. The molecule has 2 aromatic rings. The molecule has 2 aromatic carbocycles. The number of nitrogens with zero attached hydrogens (tertiary/aromatic N) is 1. The third-order valence-corrected chi connectivity index (χ3v) is 7.45. The number of amides is 1. The molecule has 0 atom stereocenters. The van der Waals surface area contributed by atoms with Gasteiger partial charge >= 0.3 is 5.97 Å². The Balaban J connectivity index is 2.01. The van der Waals surface area contributed by atoms with Crippen LogP contribution < -0.4 is 5.48 Å². The number of carbonyl (C=O) groups excluding carboxylic acids is 1. The fraction of sp³-hybridized carbons (Fsp3) is 0.333. The number of hydroxylamine groups is 1. The van der Waals surface area contributed by atoms with Crippen LogP contribution in [-0.2, 0) is 24.3 Å². The fourth-order valence-electron chi connectivity index (χ4n) is 3.75. The summed E-state index contributed by atoms with van der Waals surface area (Å²) in [4.78, 5) is 23.7. The van der Waals surface area contributed by atoms with Gasteiger partial charge in [0.1, 0.15) is 11.4 Å². The van der Waals surface area contributed by atoms with E-state index in [-0.39, 0.29) is 31.0 Å². The van der Waals surface area contributed by atoms with E-state index in [0.29, 0.717) is 11.1 Å². The summed E-state index contributed by atoms with van der Waals surface area (Å²) in [7, 11) is -4.33. The molecule has 0 spiro atoms. The highest BCUT2D eigenvalue weighted by Gasteiger charge is 2.50. The topological polar surface area (TPSA) is 133 Å². The Morgan fingerprint density at radius 3 is 2.06 bits per heavy atom. The zero-order chi connectivity index (χ0) is 23.4. The number of rotatable bonds is 8. The van der Waals surface area contributed by atoms with Crippen LogP contribution in [0.3, 0.4) is 0 Å². The second-order valence-corrected chi connectivity index (χ2v) is 9.20. The van der Waals surface area contributed by atoms with Crippen molar-refractivity contribution in [3.05, 3.63) is 54.3 Å². The molecule has 9 nitrogen and oxygen atoms in total. The molecule has 0 bridgehead atoms. The first-order valence-electron chi connectivity index (χ1n) is 9.84. The van der Waals surface area contributed by atoms with E-state index in [2.05, 4.69) is 0 Å². The van der Waals surface area contributed by atoms with Gasteiger partial charge in [0, 0.05) is 19.8 Å². The summed E-state index contributed by atoms with van der Waals surface area (Å²) in [6, 6.07) is 11.4. The summed E-state index contributed by atoms with van der Waals surface area (Å²) >= 11 is 0. The predicted molar refractivity (Wildman–Crippen MR) is 111 cm³/mol. The van der Waals surface area contributed by atoms with Crippen molar-refractivity contribution in [2.75, 3.05) is 19.8 Å². The van der Waals surface area contributed by atoms with Crippen molar-refractivity contribution >= 4 is 21.9 Å². The van der Waals surface area contributed by atoms with Gasteiger partial charge in [0.15, 0.2) is 0 Å². The molecule has 0 unspecified atom stereocenters. The summed E-state index contributed by atoms with van der Waals surface area (Å²) in [5.41, 5.74) is 1.15. The molecule has 1 amide bonds. The number of nitrogens with one attached hydrogen (secondary N) is 1. The van der Waals surface area contributed by atoms with Crippen LogP contribution in [-0.4, -0.2) is 60.2 Å². The summed E-state index contributed by atoms with van der Waals surface area (Å²) in [5.74, 6) is -2.58. The van der Waals surface area contributed by atoms with E-state index >= 15 is 0 Å². The zero-order valence-electron chi connectivity index (χ0n) is 17.0. The van der Waals surface area contributed by atoms with Crippen molar-refractivity contribution in [3.63, 3.8) is 0 Å². The van der Waals surface area contributed by atoms with Gasteiger partial charge in [-0.05, 0) is 48.2 Å². The molecule has 3 N–H and O–H groups in total. The number of hydrogen-bond acceptors (Lipinski definition) is 6. The third kappa shape index (κ3) is 4.80. The molecule has 32 heavy (non-hydrogen) atoms. The van der Waals surface area contributed by atoms with E-state index in [1.165, 1.54) is 41.9 Å². The van der Waals surface area contributed by atoms with Gasteiger partial charge in [0.25, 0.3) is 5.91 Å². The van der Waals surface area contributed by atoms with E-state index < -0.39 is 46.2 Å². The first-order chi connectivity index (χ1) is 15.2. The number of sulfonamides is 1. The maximum Gasteiger partial charge on any atom is 0.304 e. The molecule has 1 fully saturated rings. The van der Waals surface area contributed by atoms with E-state index in [1.54, 1.807) is 12.1 Å². The minimum Gasteiger partial charge on any atom is -0.481 e. The normalized spacial score (nSPS) is 16.0. The molecule has 0 aromatic heterocycles. The van der Waals surface area contributed by atoms with Crippen LogP contribution in [0.2, 0.25) is 0 Å². The van der Waals surface area contributed by atoms with Gasteiger partial charge in [-0.2, -0.15) is 4.31 Å². The molecular formula is C21H23FN2O7S. The van der Waals surface area contributed by atoms with Gasteiger partial charge in [0.05, 0.1) is 11.3 Å². The fourth-order valence-corrected chi connectivity index (χ4v) is 5.54. The van der Waals surface area contributed by atoms with Gasteiger partial charge in [-0.3, -0.25) is 14.8 Å². The lowest BCUT2D eigenvalue weighted by Crippen LogP contribution is -2.62. The van der Waals surface area contributed by atoms with Crippen LogP contribution in [0.15, 0.2) is 53.4 Å². The lowest BCUT2D eigenvalue weighted by Gasteiger charge is -2.43. The molecular weight excluding hydrogens is 443 g/mol. The maximum absolute atomic E-state index is 13.5. The molecule has 1 aliphatic rings. The Kier molecular flexibility index (Phi) is 7.24. The lowest BCUT2D eigenvalue weighted by molar-refractivity contribution is -0.146. The monoisotopic (exact) mass is 466 g/mol. The van der Waals surface area contributed by atoms with Gasteiger partial charge in [-0.15, -0.1) is 0 Å². The van der Waals surface area contributed by atoms with Crippen molar-refractivity contribution in [1.82, 2.24) is 9.79 Å². The van der Waals surface area contributed by atoms with E-state index in [1.807, 2.05) is 0 Å². The number of carboxylic acid groups (broad SMARTS) is 1. The molecule has 11 heteroatoms. The van der Waals surface area contributed by atoms with Gasteiger partial charge < -0.3 is 9.84 Å². The SMILES string of the molecule is O=C(O)CCN(C1(C(=O)NO)CCOCC1)S(=O)(=O)c1ccc(-c2ccc(F)cc2)cc1. The van der Waals surface area contributed by atoms with E-state index in [4.69, 9.17) is 9.84 Å². The van der Waals surface area contributed by atoms with Crippen LogP contribution in [0.5, 0.6) is 0 Å².